The third kappa shape index (κ3) is 2.84. The Balaban J connectivity index is 1.71. The highest BCUT2D eigenvalue weighted by atomic mass is 16.2. The van der Waals surface area contributed by atoms with Crippen LogP contribution in [0.5, 0.6) is 0 Å². The largest absolute Gasteiger partial charge is 0.337 e. The minimum absolute atomic E-state index is 0.0152. The van der Waals surface area contributed by atoms with Crippen molar-refractivity contribution in [3.8, 4) is 0 Å². The van der Waals surface area contributed by atoms with Gasteiger partial charge in [-0.05, 0) is 49.3 Å². The topological polar surface area (TPSA) is 32.3 Å². The summed E-state index contributed by atoms with van der Waals surface area (Å²) in [5.74, 6) is 0.972. The second-order valence-electron chi connectivity index (χ2n) is 6.51. The summed E-state index contributed by atoms with van der Waals surface area (Å²) in [6.07, 6.45) is 5.53. The summed E-state index contributed by atoms with van der Waals surface area (Å²) < 4.78 is 0. The van der Waals surface area contributed by atoms with Gasteiger partial charge in [-0.1, -0.05) is 37.6 Å². The summed E-state index contributed by atoms with van der Waals surface area (Å²) in [5.41, 5.74) is 2.75. The van der Waals surface area contributed by atoms with E-state index in [9.17, 15) is 4.79 Å². The number of piperidine rings is 1. The molecule has 1 aromatic carbocycles. The minimum atomic E-state index is 0.0152. The first kappa shape index (κ1) is 14.6. The van der Waals surface area contributed by atoms with Crippen molar-refractivity contribution in [2.45, 2.75) is 51.1 Å². The molecule has 1 fully saturated rings. The van der Waals surface area contributed by atoms with Crippen molar-refractivity contribution in [1.82, 2.24) is 10.2 Å². The first-order chi connectivity index (χ1) is 10.2. The Hall–Kier alpha value is -1.35. The first-order valence-corrected chi connectivity index (χ1v) is 8.28. The van der Waals surface area contributed by atoms with Gasteiger partial charge in [0, 0.05) is 7.05 Å². The summed E-state index contributed by atoms with van der Waals surface area (Å²) in [7, 11) is 1.98. The van der Waals surface area contributed by atoms with E-state index in [1.54, 1.807) is 0 Å². The van der Waals surface area contributed by atoms with E-state index in [4.69, 9.17) is 0 Å². The summed E-state index contributed by atoms with van der Waals surface area (Å²) in [6, 6.07) is 8.83. The standard InChI is InChI=1S/C18H26N2O/c1-3-13-10-11-19-16(12-13)18(21)20(2)17-9-8-14-6-4-5-7-15(14)17/h4-7,13,16-17,19H,3,8-12H2,1-2H3. The van der Waals surface area contributed by atoms with Gasteiger partial charge in [0.25, 0.3) is 0 Å². The van der Waals surface area contributed by atoms with E-state index in [-0.39, 0.29) is 18.0 Å². The molecule has 3 unspecified atom stereocenters. The first-order valence-electron chi connectivity index (χ1n) is 8.28. The van der Waals surface area contributed by atoms with Gasteiger partial charge in [-0.3, -0.25) is 4.79 Å². The normalized spacial score (nSPS) is 28.2. The molecule has 1 aliphatic carbocycles. The monoisotopic (exact) mass is 286 g/mol. The van der Waals surface area contributed by atoms with Crippen LogP contribution < -0.4 is 5.32 Å². The maximum absolute atomic E-state index is 12.8. The minimum Gasteiger partial charge on any atom is -0.337 e. The predicted octanol–water partition coefficient (Wildman–Crippen LogP) is 2.91. The lowest BCUT2D eigenvalue weighted by Gasteiger charge is -2.34. The van der Waals surface area contributed by atoms with Crippen LogP contribution in [0.25, 0.3) is 0 Å². The van der Waals surface area contributed by atoms with Crippen molar-refractivity contribution in [1.29, 1.82) is 0 Å². The van der Waals surface area contributed by atoms with Gasteiger partial charge in [0.2, 0.25) is 5.91 Å². The van der Waals surface area contributed by atoms with Crippen LogP contribution in [0.15, 0.2) is 24.3 Å². The number of carbonyl (C=O) groups excluding carboxylic acids is 1. The molecule has 1 aromatic rings. The number of likely N-dealkylation sites (N-methyl/N-ethyl adjacent to an activating group) is 1. The van der Waals surface area contributed by atoms with E-state index in [1.807, 2.05) is 11.9 Å². The molecule has 3 heteroatoms. The van der Waals surface area contributed by atoms with E-state index < -0.39 is 0 Å². The smallest absolute Gasteiger partial charge is 0.239 e. The van der Waals surface area contributed by atoms with E-state index >= 15 is 0 Å². The average Bonchev–Trinajstić information content (AvgIpc) is 2.97. The molecule has 1 aliphatic heterocycles. The van der Waals surface area contributed by atoms with Crippen LogP contribution in [0.3, 0.4) is 0 Å². The zero-order chi connectivity index (χ0) is 14.8. The van der Waals surface area contributed by atoms with Gasteiger partial charge in [-0.2, -0.15) is 0 Å². The Morgan fingerprint density at radius 2 is 2.14 bits per heavy atom. The number of benzene rings is 1. The molecule has 1 amide bonds. The lowest BCUT2D eigenvalue weighted by Crippen LogP contribution is -2.49. The molecule has 0 aromatic heterocycles. The molecular formula is C18H26N2O. The second kappa shape index (κ2) is 6.18. The lowest BCUT2D eigenvalue weighted by atomic mass is 9.89. The Labute approximate surface area is 127 Å². The molecule has 1 N–H and O–H groups in total. The Bertz CT molecular complexity index is 514. The molecule has 0 radical (unpaired) electrons. The quantitative estimate of drug-likeness (QED) is 0.926. The maximum Gasteiger partial charge on any atom is 0.239 e. The fourth-order valence-electron chi connectivity index (χ4n) is 3.89. The van der Waals surface area contributed by atoms with Crippen LogP contribution in [0.2, 0.25) is 0 Å². The van der Waals surface area contributed by atoms with Crippen molar-refractivity contribution < 1.29 is 4.79 Å². The van der Waals surface area contributed by atoms with E-state index in [2.05, 4.69) is 36.5 Å². The predicted molar refractivity (Wildman–Crippen MR) is 85.1 cm³/mol. The summed E-state index contributed by atoms with van der Waals surface area (Å²) in [5, 5.41) is 3.42. The van der Waals surface area contributed by atoms with E-state index in [0.29, 0.717) is 5.92 Å². The van der Waals surface area contributed by atoms with Gasteiger partial charge >= 0.3 is 0 Å². The summed E-state index contributed by atoms with van der Waals surface area (Å²) in [6.45, 7) is 3.21. The molecule has 1 saturated heterocycles. The third-order valence-corrected chi connectivity index (χ3v) is 5.30. The van der Waals surface area contributed by atoms with Gasteiger partial charge in [0.15, 0.2) is 0 Å². The lowest BCUT2D eigenvalue weighted by molar-refractivity contribution is -0.135. The molecule has 0 bridgehead atoms. The second-order valence-corrected chi connectivity index (χ2v) is 6.51. The number of nitrogens with one attached hydrogen (secondary N) is 1. The number of hydrogen-bond donors (Lipinski definition) is 1. The highest BCUT2D eigenvalue weighted by Gasteiger charge is 2.33. The number of nitrogens with zero attached hydrogens (tertiary/aromatic N) is 1. The molecule has 0 spiro atoms. The molecule has 21 heavy (non-hydrogen) atoms. The zero-order valence-corrected chi connectivity index (χ0v) is 13.1. The number of aryl methyl sites for hydroxylation is 1. The molecule has 114 valence electrons. The van der Waals surface area contributed by atoms with Crippen LogP contribution >= 0.6 is 0 Å². The molecular weight excluding hydrogens is 260 g/mol. The van der Waals surface area contributed by atoms with Gasteiger partial charge in [-0.15, -0.1) is 0 Å². The van der Waals surface area contributed by atoms with Crippen LogP contribution in [0.4, 0.5) is 0 Å². The zero-order valence-electron chi connectivity index (χ0n) is 13.1. The molecule has 2 aliphatic rings. The number of hydrogen-bond acceptors (Lipinski definition) is 2. The van der Waals surface area contributed by atoms with Gasteiger partial charge in [-0.25, -0.2) is 0 Å². The van der Waals surface area contributed by atoms with E-state index in [1.165, 1.54) is 24.0 Å². The molecule has 3 atom stereocenters. The number of carbonyl (C=O) groups is 1. The molecule has 3 rings (SSSR count). The summed E-state index contributed by atoms with van der Waals surface area (Å²) >= 11 is 0. The molecule has 0 saturated carbocycles. The van der Waals surface area contributed by atoms with Crippen molar-refractivity contribution in [3.63, 3.8) is 0 Å². The Morgan fingerprint density at radius 3 is 2.95 bits per heavy atom. The van der Waals surface area contributed by atoms with Crippen LogP contribution in [-0.2, 0) is 11.2 Å². The summed E-state index contributed by atoms with van der Waals surface area (Å²) in [4.78, 5) is 14.8. The molecule has 3 nitrogen and oxygen atoms in total. The van der Waals surface area contributed by atoms with Crippen molar-refractivity contribution in [3.05, 3.63) is 35.4 Å². The van der Waals surface area contributed by atoms with Gasteiger partial charge in [0.1, 0.15) is 0 Å². The third-order valence-electron chi connectivity index (χ3n) is 5.30. The van der Waals surface area contributed by atoms with Crippen LogP contribution in [0, 0.1) is 5.92 Å². The van der Waals surface area contributed by atoms with Crippen LogP contribution in [-0.4, -0.2) is 30.4 Å². The Kier molecular flexibility index (Phi) is 4.29. The SMILES string of the molecule is CCC1CCNC(C(=O)N(C)C2CCc3ccccc32)C1. The maximum atomic E-state index is 12.8. The van der Waals surface area contributed by atoms with Gasteiger partial charge < -0.3 is 10.2 Å². The van der Waals surface area contributed by atoms with E-state index in [0.717, 1.165) is 25.8 Å². The average molecular weight is 286 g/mol. The highest BCUT2D eigenvalue weighted by molar-refractivity contribution is 5.82. The van der Waals surface area contributed by atoms with Crippen molar-refractivity contribution in [2.75, 3.05) is 13.6 Å². The van der Waals surface area contributed by atoms with Crippen LogP contribution in [0.1, 0.15) is 49.8 Å². The Morgan fingerprint density at radius 1 is 1.33 bits per heavy atom. The number of amides is 1. The fourth-order valence-corrected chi connectivity index (χ4v) is 3.89. The van der Waals surface area contributed by atoms with Gasteiger partial charge in [0.05, 0.1) is 12.1 Å². The number of fused-ring (bicyclic) bond motifs is 1. The molecule has 1 heterocycles. The highest BCUT2D eigenvalue weighted by Crippen LogP contribution is 2.35. The fraction of sp³-hybridized carbons (Fsp3) is 0.611. The number of rotatable bonds is 3. The van der Waals surface area contributed by atoms with Crippen molar-refractivity contribution in [2.24, 2.45) is 5.92 Å². The van der Waals surface area contributed by atoms with Crippen molar-refractivity contribution >= 4 is 5.91 Å².